The molecule has 2 N–H and O–H groups in total. The molecule has 0 aromatic carbocycles. The number of Topliss-reactive ketones (excluding diaryl/α,β-unsaturated/α-hetero) is 1. The van der Waals surface area contributed by atoms with E-state index < -0.39 is 12.2 Å². The zero-order chi connectivity index (χ0) is 20.3. The summed E-state index contributed by atoms with van der Waals surface area (Å²) in [5.41, 5.74) is 7.50. The van der Waals surface area contributed by atoms with Crippen LogP contribution < -0.4 is 5.73 Å². The number of nitrogens with zero attached hydrogens (tertiary/aromatic N) is 4. The predicted octanol–water partition coefficient (Wildman–Crippen LogP) is 3.28. The molecule has 3 heterocycles. The van der Waals surface area contributed by atoms with Crippen molar-refractivity contribution in [1.82, 2.24) is 14.8 Å². The van der Waals surface area contributed by atoms with Gasteiger partial charge in [-0.05, 0) is 43.0 Å². The Morgan fingerprint density at radius 2 is 2.21 bits per heavy atom. The average Bonchev–Trinajstić information content (AvgIpc) is 3.01. The third-order valence-electron chi connectivity index (χ3n) is 4.70. The summed E-state index contributed by atoms with van der Waals surface area (Å²) in [6.45, 7) is 6.08. The van der Waals surface area contributed by atoms with E-state index in [1.165, 1.54) is 11.8 Å². The van der Waals surface area contributed by atoms with Crippen molar-refractivity contribution in [3.63, 3.8) is 0 Å². The molecule has 1 aliphatic heterocycles. The number of nitrogens with two attached hydrogens (primary N) is 1. The molecule has 0 fully saturated rings. The Balaban J connectivity index is 1.86. The minimum absolute atomic E-state index is 0.0186. The second-order valence-corrected chi connectivity index (χ2v) is 8.73. The lowest BCUT2D eigenvalue weighted by Crippen LogP contribution is -2.34. The summed E-state index contributed by atoms with van der Waals surface area (Å²) >= 11 is 1.42. The second kappa shape index (κ2) is 8.43. The SMILES string of the molecule is Cc1cc(C(=O)Cc2ccnc([C@]3(CF)CCSC(N)=N3)c2)n(CC(C)C)n1. The van der Waals surface area contributed by atoms with Crippen LogP contribution in [0, 0.1) is 12.8 Å². The fourth-order valence-electron chi connectivity index (χ4n) is 3.34. The van der Waals surface area contributed by atoms with Gasteiger partial charge in [-0.3, -0.25) is 14.5 Å². The van der Waals surface area contributed by atoms with Crippen molar-refractivity contribution < 1.29 is 9.18 Å². The molecule has 0 bridgehead atoms. The van der Waals surface area contributed by atoms with Gasteiger partial charge in [0.05, 0.1) is 11.4 Å². The number of aliphatic imine (C=N–C) groups is 1. The second-order valence-electron chi connectivity index (χ2n) is 7.61. The number of ketones is 1. The molecule has 150 valence electrons. The van der Waals surface area contributed by atoms with Gasteiger partial charge in [-0.25, -0.2) is 9.38 Å². The predicted molar refractivity (Wildman–Crippen MR) is 110 cm³/mol. The van der Waals surface area contributed by atoms with E-state index in [0.717, 1.165) is 11.3 Å². The van der Waals surface area contributed by atoms with Crippen LogP contribution in [0.5, 0.6) is 0 Å². The lowest BCUT2D eigenvalue weighted by atomic mass is 9.92. The number of rotatable bonds is 7. The van der Waals surface area contributed by atoms with Gasteiger partial charge in [0.2, 0.25) is 0 Å². The normalized spacial score (nSPS) is 19.7. The minimum Gasteiger partial charge on any atom is -0.379 e. The molecule has 1 aliphatic rings. The topological polar surface area (TPSA) is 86.2 Å². The van der Waals surface area contributed by atoms with Crippen molar-refractivity contribution in [3.05, 3.63) is 47.0 Å². The van der Waals surface area contributed by atoms with Gasteiger partial charge in [-0.1, -0.05) is 25.6 Å². The van der Waals surface area contributed by atoms with Gasteiger partial charge >= 0.3 is 0 Å². The first-order valence-electron chi connectivity index (χ1n) is 9.40. The molecule has 0 radical (unpaired) electrons. The van der Waals surface area contributed by atoms with E-state index in [9.17, 15) is 9.18 Å². The molecule has 0 saturated heterocycles. The largest absolute Gasteiger partial charge is 0.379 e. The number of halogens is 1. The van der Waals surface area contributed by atoms with E-state index in [2.05, 4.69) is 28.9 Å². The number of carbonyl (C=O) groups is 1. The number of amidine groups is 1. The van der Waals surface area contributed by atoms with Gasteiger partial charge in [-0.2, -0.15) is 5.10 Å². The van der Waals surface area contributed by atoms with Crippen molar-refractivity contribution in [3.8, 4) is 0 Å². The average molecular weight is 404 g/mol. The van der Waals surface area contributed by atoms with Crippen LogP contribution in [0.15, 0.2) is 29.4 Å². The number of aromatic nitrogens is 3. The third-order valence-corrected chi connectivity index (χ3v) is 5.50. The molecule has 28 heavy (non-hydrogen) atoms. The monoisotopic (exact) mass is 403 g/mol. The van der Waals surface area contributed by atoms with Gasteiger partial charge in [-0.15, -0.1) is 0 Å². The van der Waals surface area contributed by atoms with Gasteiger partial charge < -0.3 is 5.73 Å². The van der Waals surface area contributed by atoms with E-state index in [0.29, 0.717) is 41.2 Å². The van der Waals surface area contributed by atoms with Crippen LogP contribution in [0.3, 0.4) is 0 Å². The number of carbonyl (C=O) groups excluding carboxylic acids is 1. The van der Waals surface area contributed by atoms with Gasteiger partial charge in [0.25, 0.3) is 0 Å². The Morgan fingerprint density at radius 3 is 2.89 bits per heavy atom. The summed E-state index contributed by atoms with van der Waals surface area (Å²) in [6, 6.07) is 5.38. The van der Waals surface area contributed by atoms with Crippen LogP contribution in [-0.2, 0) is 18.5 Å². The third kappa shape index (κ3) is 4.43. The molecule has 8 heteroatoms. The Hall–Kier alpha value is -2.22. The van der Waals surface area contributed by atoms with Crippen LogP contribution in [-0.4, -0.2) is 38.1 Å². The minimum atomic E-state index is -1.05. The highest BCUT2D eigenvalue weighted by atomic mass is 32.2. The highest BCUT2D eigenvalue weighted by Gasteiger charge is 2.36. The summed E-state index contributed by atoms with van der Waals surface area (Å²) in [7, 11) is 0. The zero-order valence-electron chi connectivity index (χ0n) is 16.5. The highest BCUT2D eigenvalue weighted by Crippen LogP contribution is 2.35. The van der Waals surface area contributed by atoms with Crippen molar-refractivity contribution >= 4 is 22.7 Å². The molecule has 1 atom stereocenters. The fourth-order valence-corrected chi connectivity index (χ4v) is 4.23. The molecule has 2 aromatic heterocycles. The van der Waals surface area contributed by atoms with Gasteiger partial charge in [0.15, 0.2) is 11.0 Å². The first-order chi connectivity index (χ1) is 13.3. The smallest absolute Gasteiger partial charge is 0.185 e. The van der Waals surface area contributed by atoms with Crippen LogP contribution in [0.25, 0.3) is 0 Å². The van der Waals surface area contributed by atoms with Crippen molar-refractivity contribution in [1.29, 1.82) is 0 Å². The van der Waals surface area contributed by atoms with E-state index >= 15 is 0 Å². The van der Waals surface area contributed by atoms with Crippen LogP contribution >= 0.6 is 11.8 Å². The summed E-state index contributed by atoms with van der Waals surface area (Å²) in [5.74, 6) is 1.06. The standard InChI is InChI=1S/C20H26FN5OS/c1-13(2)11-26-16(8-14(3)25-26)17(27)9-15-4-6-23-18(10-15)20(12-21)5-7-28-19(22)24-20/h4,6,8,10,13H,5,7,9,11-12H2,1-3H3,(H2,22,24)/t20-/m1/s1. The molecule has 3 rings (SSSR count). The Morgan fingerprint density at radius 1 is 1.43 bits per heavy atom. The summed E-state index contributed by atoms with van der Waals surface area (Å²) in [6.07, 6.45) is 2.34. The highest BCUT2D eigenvalue weighted by molar-refractivity contribution is 8.13. The van der Waals surface area contributed by atoms with Crippen LogP contribution in [0.1, 0.15) is 47.7 Å². The van der Waals surface area contributed by atoms with Crippen molar-refractivity contribution in [2.24, 2.45) is 16.6 Å². The van der Waals surface area contributed by atoms with E-state index in [1.807, 2.05) is 13.0 Å². The Bertz CT molecular complexity index is 894. The maximum absolute atomic E-state index is 13.9. The number of thioether (sulfide) groups is 1. The maximum atomic E-state index is 13.9. The number of hydrogen-bond acceptors (Lipinski definition) is 6. The van der Waals surface area contributed by atoms with Crippen molar-refractivity contribution in [2.75, 3.05) is 12.4 Å². The number of alkyl halides is 1. The molecular formula is C20H26FN5OS. The number of hydrogen-bond donors (Lipinski definition) is 1. The van der Waals surface area contributed by atoms with Crippen LogP contribution in [0.4, 0.5) is 4.39 Å². The number of aryl methyl sites for hydroxylation is 1. The molecule has 0 unspecified atom stereocenters. The maximum Gasteiger partial charge on any atom is 0.185 e. The van der Waals surface area contributed by atoms with E-state index in [-0.39, 0.29) is 12.2 Å². The quantitative estimate of drug-likeness (QED) is 0.717. The first-order valence-corrected chi connectivity index (χ1v) is 10.4. The summed E-state index contributed by atoms with van der Waals surface area (Å²) in [5, 5.41) is 4.81. The lowest BCUT2D eigenvalue weighted by Gasteiger charge is -2.30. The lowest BCUT2D eigenvalue weighted by molar-refractivity contribution is 0.0981. The fraction of sp³-hybridized carbons (Fsp3) is 0.500. The number of pyridine rings is 1. The Labute approximate surface area is 168 Å². The molecular weight excluding hydrogens is 377 g/mol. The van der Waals surface area contributed by atoms with Gasteiger partial charge in [0, 0.05) is 24.9 Å². The van der Waals surface area contributed by atoms with Crippen LogP contribution in [0.2, 0.25) is 0 Å². The molecule has 2 aromatic rings. The molecule has 0 saturated carbocycles. The van der Waals surface area contributed by atoms with E-state index in [4.69, 9.17) is 5.73 Å². The molecule has 0 aliphatic carbocycles. The first kappa shape index (κ1) is 20.5. The molecule has 0 amide bonds. The van der Waals surface area contributed by atoms with Gasteiger partial charge in [0.1, 0.15) is 17.9 Å². The van der Waals surface area contributed by atoms with Crippen molar-refractivity contribution in [2.45, 2.75) is 45.7 Å². The zero-order valence-corrected chi connectivity index (χ0v) is 17.3. The Kier molecular flexibility index (Phi) is 6.17. The molecule has 6 nitrogen and oxygen atoms in total. The summed E-state index contributed by atoms with van der Waals surface area (Å²) < 4.78 is 15.7. The summed E-state index contributed by atoms with van der Waals surface area (Å²) in [4.78, 5) is 21.6. The van der Waals surface area contributed by atoms with E-state index in [1.54, 1.807) is 23.0 Å². The molecule has 0 spiro atoms.